The maximum absolute atomic E-state index is 11.1. The molecule has 118 valence electrons. The van der Waals surface area contributed by atoms with Gasteiger partial charge in [-0.3, -0.25) is 10.1 Å². The average molecular weight is 320 g/mol. The van der Waals surface area contributed by atoms with Crippen LogP contribution in [-0.4, -0.2) is 15.0 Å². The van der Waals surface area contributed by atoms with Gasteiger partial charge < -0.3 is 9.52 Å². The van der Waals surface area contributed by atoms with Crippen molar-refractivity contribution in [1.29, 1.82) is 0 Å². The number of phenolic OH excluding ortho intramolecular Hbond substituents is 1. The number of oxazole rings is 1. The zero-order chi connectivity index (χ0) is 16.8. The summed E-state index contributed by atoms with van der Waals surface area (Å²) in [5.41, 5.74) is 1.95. The summed E-state index contributed by atoms with van der Waals surface area (Å²) in [6, 6.07) is 13.4. The van der Waals surface area contributed by atoms with Gasteiger partial charge in [0, 0.05) is 29.8 Å². The van der Waals surface area contributed by atoms with E-state index in [0.29, 0.717) is 33.5 Å². The number of hydrogen-bond acceptors (Lipinski definition) is 5. The third kappa shape index (κ3) is 2.00. The molecule has 0 aliphatic heterocycles. The Morgan fingerprint density at radius 2 is 1.88 bits per heavy atom. The van der Waals surface area contributed by atoms with Gasteiger partial charge in [0.2, 0.25) is 0 Å². The molecule has 0 saturated carbocycles. The first kappa shape index (κ1) is 14.2. The van der Waals surface area contributed by atoms with Gasteiger partial charge in [-0.15, -0.1) is 0 Å². The van der Waals surface area contributed by atoms with Crippen LogP contribution in [0.3, 0.4) is 0 Å². The molecule has 0 atom stereocenters. The highest BCUT2D eigenvalue weighted by Crippen LogP contribution is 2.43. The first-order chi connectivity index (χ1) is 11.6. The average Bonchev–Trinajstić information content (AvgIpc) is 2.97. The maximum Gasteiger partial charge on any atom is 0.270 e. The summed E-state index contributed by atoms with van der Waals surface area (Å²) in [5, 5.41) is 23.2. The van der Waals surface area contributed by atoms with Crippen LogP contribution in [0.1, 0.15) is 5.89 Å². The number of aryl methyl sites for hydroxylation is 1. The first-order valence-corrected chi connectivity index (χ1v) is 7.32. The zero-order valence-electron chi connectivity index (χ0n) is 12.7. The SMILES string of the molecule is Cc1nc2c(-c3cccc([N+](=O)[O-])c3)c(O)c3ccccc3c2o1. The van der Waals surface area contributed by atoms with Crippen molar-refractivity contribution in [2.24, 2.45) is 0 Å². The monoisotopic (exact) mass is 320 g/mol. The number of nitrogens with zero attached hydrogens (tertiary/aromatic N) is 2. The number of aromatic nitrogens is 1. The number of nitro benzene ring substituents is 1. The van der Waals surface area contributed by atoms with Gasteiger partial charge in [-0.05, 0) is 5.56 Å². The molecule has 0 spiro atoms. The van der Waals surface area contributed by atoms with Crippen molar-refractivity contribution in [3.63, 3.8) is 0 Å². The lowest BCUT2D eigenvalue weighted by molar-refractivity contribution is -0.384. The van der Waals surface area contributed by atoms with Crippen molar-refractivity contribution < 1.29 is 14.4 Å². The summed E-state index contributed by atoms with van der Waals surface area (Å²) in [4.78, 5) is 15.0. The fourth-order valence-electron chi connectivity index (χ4n) is 2.96. The van der Waals surface area contributed by atoms with Gasteiger partial charge in [-0.2, -0.15) is 0 Å². The van der Waals surface area contributed by atoms with Crippen LogP contribution in [0.25, 0.3) is 33.0 Å². The van der Waals surface area contributed by atoms with Crippen LogP contribution < -0.4 is 0 Å². The van der Waals surface area contributed by atoms with E-state index in [9.17, 15) is 15.2 Å². The highest BCUT2D eigenvalue weighted by molar-refractivity contribution is 6.13. The summed E-state index contributed by atoms with van der Waals surface area (Å²) in [5.74, 6) is 0.499. The van der Waals surface area contributed by atoms with E-state index in [-0.39, 0.29) is 11.4 Å². The quantitative estimate of drug-likeness (QED) is 0.431. The number of non-ortho nitro benzene ring substituents is 1. The molecule has 1 heterocycles. The highest BCUT2D eigenvalue weighted by atomic mass is 16.6. The molecule has 1 N–H and O–H groups in total. The predicted octanol–water partition coefficient (Wildman–Crippen LogP) is 4.57. The van der Waals surface area contributed by atoms with Gasteiger partial charge in [0.05, 0.1) is 10.5 Å². The van der Waals surface area contributed by atoms with Crippen LogP contribution in [0.2, 0.25) is 0 Å². The molecule has 0 amide bonds. The Morgan fingerprint density at radius 1 is 1.12 bits per heavy atom. The van der Waals surface area contributed by atoms with Crippen LogP contribution in [0.15, 0.2) is 52.9 Å². The van der Waals surface area contributed by atoms with E-state index >= 15 is 0 Å². The molecule has 0 bridgehead atoms. The van der Waals surface area contributed by atoms with Crippen LogP contribution >= 0.6 is 0 Å². The zero-order valence-corrected chi connectivity index (χ0v) is 12.7. The van der Waals surface area contributed by atoms with Crippen LogP contribution in [0.5, 0.6) is 5.75 Å². The van der Waals surface area contributed by atoms with Gasteiger partial charge in [-0.25, -0.2) is 4.98 Å². The minimum absolute atomic E-state index is 0.0342. The van der Waals surface area contributed by atoms with Gasteiger partial charge in [-0.1, -0.05) is 36.4 Å². The summed E-state index contributed by atoms with van der Waals surface area (Å²) in [6.07, 6.45) is 0. The third-order valence-corrected chi connectivity index (χ3v) is 3.98. The molecular weight excluding hydrogens is 308 g/mol. The fraction of sp³-hybridized carbons (Fsp3) is 0.0556. The molecule has 0 saturated heterocycles. The summed E-state index contributed by atoms with van der Waals surface area (Å²) >= 11 is 0. The normalized spacial score (nSPS) is 11.2. The molecule has 4 aromatic rings. The van der Waals surface area contributed by atoms with Crippen molar-refractivity contribution in [3.8, 4) is 16.9 Å². The molecule has 0 unspecified atom stereocenters. The number of rotatable bonds is 2. The second kappa shape index (κ2) is 5.06. The van der Waals surface area contributed by atoms with Crippen molar-refractivity contribution in [1.82, 2.24) is 4.98 Å². The first-order valence-electron chi connectivity index (χ1n) is 7.32. The predicted molar refractivity (Wildman–Crippen MR) is 90.0 cm³/mol. The van der Waals surface area contributed by atoms with Crippen LogP contribution in [0, 0.1) is 17.0 Å². The van der Waals surface area contributed by atoms with Crippen LogP contribution in [0.4, 0.5) is 5.69 Å². The Hall–Kier alpha value is -3.41. The molecule has 0 radical (unpaired) electrons. The second-order valence-electron chi connectivity index (χ2n) is 5.49. The van der Waals surface area contributed by atoms with Crippen molar-refractivity contribution in [2.75, 3.05) is 0 Å². The van der Waals surface area contributed by atoms with Crippen LogP contribution in [-0.2, 0) is 0 Å². The molecular formula is C18H12N2O4. The summed E-state index contributed by atoms with van der Waals surface area (Å²) in [7, 11) is 0. The van der Waals surface area contributed by atoms with E-state index in [0.717, 1.165) is 5.39 Å². The van der Waals surface area contributed by atoms with Gasteiger partial charge in [0.25, 0.3) is 5.69 Å². The largest absolute Gasteiger partial charge is 0.507 e. The lowest BCUT2D eigenvalue weighted by Gasteiger charge is -2.09. The van der Waals surface area contributed by atoms with Crippen molar-refractivity contribution in [3.05, 3.63) is 64.5 Å². The molecule has 1 aromatic heterocycles. The van der Waals surface area contributed by atoms with Gasteiger partial charge in [0.1, 0.15) is 11.3 Å². The summed E-state index contributed by atoms with van der Waals surface area (Å²) < 4.78 is 5.72. The lowest BCUT2D eigenvalue weighted by atomic mass is 9.97. The number of nitro groups is 1. The van der Waals surface area contributed by atoms with E-state index < -0.39 is 4.92 Å². The molecule has 6 nitrogen and oxygen atoms in total. The molecule has 0 aliphatic rings. The van der Waals surface area contributed by atoms with Crippen molar-refractivity contribution in [2.45, 2.75) is 6.92 Å². The molecule has 24 heavy (non-hydrogen) atoms. The van der Waals surface area contributed by atoms with E-state index in [1.54, 1.807) is 25.1 Å². The van der Waals surface area contributed by atoms with Gasteiger partial charge >= 0.3 is 0 Å². The number of phenols is 1. The summed E-state index contributed by atoms with van der Waals surface area (Å²) in [6.45, 7) is 1.73. The Morgan fingerprint density at radius 3 is 2.62 bits per heavy atom. The standard InChI is InChI=1S/C18H12N2O4/c1-10-19-16-15(11-5-4-6-12(9-11)20(22)23)17(21)13-7-2-3-8-14(13)18(16)24-10/h2-9,21H,1H3. The maximum atomic E-state index is 11.1. The fourth-order valence-corrected chi connectivity index (χ4v) is 2.96. The molecule has 0 fully saturated rings. The minimum atomic E-state index is -0.465. The van der Waals surface area contributed by atoms with E-state index in [1.165, 1.54) is 12.1 Å². The highest BCUT2D eigenvalue weighted by Gasteiger charge is 2.20. The van der Waals surface area contributed by atoms with E-state index in [4.69, 9.17) is 4.42 Å². The number of benzene rings is 3. The number of fused-ring (bicyclic) bond motifs is 3. The molecule has 6 heteroatoms. The van der Waals surface area contributed by atoms with Crippen molar-refractivity contribution >= 4 is 27.6 Å². The Labute approximate surface area is 136 Å². The molecule has 4 rings (SSSR count). The molecule has 0 aliphatic carbocycles. The van der Waals surface area contributed by atoms with Gasteiger partial charge in [0.15, 0.2) is 11.5 Å². The Kier molecular flexibility index (Phi) is 2.99. The smallest absolute Gasteiger partial charge is 0.270 e. The van der Waals surface area contributed by atoms with E-state index in [2.05, 4.69) is 4.98 Å². The lowest BCUT2D eigenvalue weighted by Crippen LogP contribution is -1.90. The minimum Gasteiger partial charge on any atom is -0.507 e. The van der Waals surface area contributed by atoms with E-state index in [1.807, 2.05) is 18.2 Å². The Balaban J connectivity index is 2.16. The molecule has 3 aromatic carbocycles. The topological polar surface area (TPSA) is 89.4 Å². The Bertz CT molecular complexity index is 1110. The third-order valence-electron chi connectivity index (χ3n) is 3.98. The number of aromatic hydroxyl groups is 1. The second-order valence-corrected chi connectivity index (χ2v) is 5.49. The number of hydrogen-bond donors (Lipinski definition) is 1.